The van der Waals surface area contributed by atoms with Crippen molar-refractivity contribution in [3.63, 3.8) is 0 Å². The van der Waals surface area contributed by atoms with Crippen molar-refractivity contribution in [1.29, 1.82) is 0 Å². The van der Waals surface area contributed by atoms with E-state index in [4.69, 9.17) is 44.3 Å². The number of halogens is 3. The van der Waals surface area contributed by atoms with Gasteiger partial charge in [-0.3, -0.25) is 0 Å². The van der Waals surface area contributed by atoms with Gasteiger partial charge in [0.2, 0.25) is 9.54 Å². The standard InChI is InChI=1S/C10H11Cl3O4/c1-16-7-4-5(9(15)10(11,12)13)3-6(14)8(7)17-2/h3-4,9,14-15H,1-2H3. The molecule has 96 valence electrons. The lowest BCUT2D eigenvalue weighted by molar-refractivity contribution is 0.181. The summed E-state index contributed by atoms with van der Waals surface area (Å²) in [5, 5.41) is 19.4. The van der Waals surface area contributed by atoms with E-state index >= 15 is 0 Å². The highest BCUT2D eigenvalue weighted by Crippen LogP contribution is 2.44. The zero-order valence-electron chi connectivity index (χ0n) is 9.08. The molecule has 0 heterocycles. The summed E-state index contributed by atoms with van der Waals surface area (Å²) in [4.78, 5) is 0. The molecule has 0 amide bonds. The average Bonchev–Trinajstić information content (AvgIpc) is 2.25. The van der Waals surface area contributed by atoms with Gasteiger partial charge in [-0.2, -0.15) is 0 Å². The molecule has 0 spiro atoms. The van der Waals surface area contributed by atoms with Crippen LogP contribution >= 0.6 is 34.8 Å². The van der Waals surface area contributed by atoms with Crippen molar-refractivity contribution in [2.24, 2.45) is 0 Å². The van der Waals surface area contributed by atoms with E-state index in [9.17, 15) is 10.2 Å². The highest BCUT2D eigenvalue weighted by Gasteiger charge is 2.33. The molecular formula is C10H11Cl3O4. The van der Waals surface area contributed by atoms with Gasteiger partial charge in [0.15, 0.2) is 11.5 Å². The number of methoxy groups -OCH3 is 2. The normalized spacial score (nSPS) is 13.3. The molecule has 1 unspecified atom stereocenters. The topological polar surface area (TPSA) is 58.9 Å². The number of aliphatic hydroxyl groups excluding tert-OH is 1. The number of ether oxygens (including phenoxy) is 2. The van der Waals surface area contributed by atoms with Gasteiger partial charge < -0.3 is 19.7 Å². The summed E-state index contributed by atoms with van der Waals surface area (Å²) >= 11 is 16.7. The first kappa shape index (κ1) is 14.5. The number of aliphatic hydroxyl groups is 1. The Kier molecular flexibility index (Phi) is 4.61. The van der Waals surface area contributed by atoms with Gasteiger partial charge in [-0.15, -0.1) is 0 Å². The minimum atomic E-state index is -1.90. The van der Waals surface area contributed by atoms with Gasteiger partial charge in [-0.1, -0.05) is 34.8 Å². The number of hydrogen-bond donors (Lipinski definition) is 2. The Morgan fingerprint density at radius 1 is 1.18 bits per heavy atom. The molecule has 1 rings (SSSR count). The van der Waals surface area contributed by atoms with Crippen molar-refractivity contribution in [2.75, 3.05) is 14.2 Å². The van der Waals surface area contributed by atoms with Crippen LogP contribution in [0.25, 0.3) is 0 Å². The largest absolute Gasteiger partial charge is 0.504 e. The third-order valence-electron chi connectivity index (χ3n) is 2.11. The van der Waals surface area contributed by atoms with E-state index in [1.54, 1.807) is 0 Å². The van der Waals surface area contributed by atoms with Crippen molar-refractivity contribution in [2.45, 2.75) is 9.90 Å². The molecule has 1 atom stereocenters. The van der Waals surface area contributed by atoms with E-state index in [0.717, 1.165) is 0 Å². The zero-order valence-corrected chi connectivity index (χ0v) is 11.3. The van der Waals surface area contributed by atoms with E-state index in [1.807, 2.05) is 0 Å². The van der Waals surface area contributed by atoms with Gasteiger partial charge >= 0.3 is 0 Å². The predicted molar refractivity (Wildman–Crippen MR) is 66.5 cm³/mol. The Balaban J connectivity index is 3.25. The van der Waals surface area contributed by atoms with Gasteiger partial charge in [-0.05, 0) is 17.7 Å². The Labute approximate surface area is 114 Å². The quantitative estimate of drug-likeness (QED) is 0.843. The molecule has 17 heavy (non-hydrogen) atoms. The molecule has 0 saturated carbocycles. The van der Waals surface area contributed by atoms with Crippen LogP contribution in [0.4, 0.5) is 0 Å². The zero-order chi connectivity index (χ0) is 13.2. The van der Waals surface area contributed by atoms with E-state index < -0.39 is 9.90 Å². The fourth-order valence-corrected chi connectivity index (χ4v) is 1.69. The van der Waals surface area contributed by atoms with Crippen LogP contribution in [0.1, 0.15) is 11.7 Å². The second kappa shape index (κ2) is 5.40. The molecule has 0 aliphatic carbocycles. The van der Waals surface area contributed by atoms with Crippen LogP contribution in [0.15, 0.2) is 12.1 Å². The van der Waals surface area contributed by atoms with Gasteiger partial charge in [-0.25, -0.2) is 0 Å². The Bertz CT molecular complexity index is 403. The van der Waals surface area contributed by atoms with E-state index in [1.165, 1.54) is 26.4 Å². The fourth-order valence-electron chi connectivity index (χ4n) is 1.31. The number of alkyl halides is 3. The molecule has 0 fully saturated rings. The van der Waals surface area contributed by atoms with Crippen LogP contribution in [0.5, 0.6) is 17.2 Å². The lowest BCUT2D eigenvalue weighted by atomic mass is 10.1. The van der Waals surface area contributed by atoms with Crippen LogP contribution in [0, 0.1) is 0 Å². The molecule has 0 aliphatic rings. The Morgan fingerprint density at radius 2 is 1.76 bits per heavy atom. The van der Waals surface area contributed by atoms with Crippen LogP contribution in [-0.4, -0.2) is 28.2 Å². The van der Waals surface area contributed by atoms with Gasteiger partial charge in [0.1, 0.15) is 6.10 Å². The lowest BCUT2D eigenvalue weighted by Gasteiger charge is -2.20. The highest BCUT2D eigenvalue weighted by molar-refractivity contribution is 6.68. The lowest BCUT2D eigenvalue weighted by Crippen LogP contribution is -2.16. The second-order valence-electron chi connectivity index (χ2n) is 3.22. The monoisotopic (exact) mass is 300 g/mol. The number of rotatable bonds is 3. The highest BCUT2D eigenvalue weighted by atomic mass is 35.6. The van der Waals surface area contributed by atoms with Crippen LogP contribution in [0.2, 0.25) is 0 Å². The molecule has 0 aliphatic heterocycles. The van der Waals surface area contributed by atoms with Crippen molar-refractivity contribution < 1.29 is 19.7 Å². The van der Waals surface area contributed by atoms with Crippen LogP contribution < -0.4 is 9.47 Å². The SMILES string of the molecule is COc1cc(C(O)C(Cl)(Cl)Cl)cc(O)c1OC. The minimum absolute atomic E-state index is 0.146. The maximum absolute atomic E-state index is 9.76. The number of hydrogen-bond acceptors (Lipinski definition) is 4. The van der Waals surface area contributed by atoms with Crippen molar-refractivity contribution in [3.8, 4) is 17.2 Å². The first-order valence-corrected chi connectivity index (χ1v) is 5.64. The third-order valence-corrected chi connectivity index (χ3v) is 2.73. The Hall–Kier alpha value is -0.550. The van der Waals surface area contributed by atoms with E-state index in [-0.39, 0.29) is 22.8 Å². The Morgan fingerprint density at radius 3 is 2.18 bits per heavy atom. The summed E-state index contributed by atoms with van der Waals surface area (Å²) in [6, 6.07) is 2.67. The maximum Gasteiger partial charge on any atom is 0.220 e. The second-order valence-corrected chi connectivity index (χ2v) is 5.59. The number of benzene rings is 1. The summed E-state index contributed by atoms with van der Waals surface area (Å²) in [6.45, 7) is 0. The number of phenolic OH excluding ortho intramolecular Hbond substituents is 1. The molecule has 1 aromatic carbocycles. The average molecular weight is 302 g/mol. The van der Waals surface area contributed by atoms with Gasteiger partial charge in [0, 0.05) is 0 Å². The van der Waals surface area contributed by atoms with E-state index in [0.29, 0.717) is 0 Å². The molecule has 7 heteroatoms. The third kappa shape index (κ3) is 3.22. The van der Waals surface area contributed by atoms with Gasteiger partial charge in [0.25, 0.3) is 0 Å². The summed E-state index contributed by atoms with van der Waals surface area (Å²) in [6.07, 6.45) is -1.39. The minimum Gasteiger partial charge on any atom is -0.504 e. The predicted octanol–water partition coefficient (Wildman–Crippen LogP) is 2.81. The van der Waals surface area contributed by atoms with Crippen LogP contribution in [-0.2, 0) is 0 Å². The molecule has 0 radical (unpaired) electrons. The molecule has 1 aromatic rings. The summed E-state index contributed by atoms with van der Waals surface area (Å²) in [7, 11) is 2.77. The number of phenols is 1. The molecule has 0 saturated heterocycles. The summed E-state index contributed by atoms with van der Waals surface area (Å²) in [5.74, 6) is 0.165. The summed E-state index contributed by atoms with van der Waals surface area (Å²) < 4.78 is 8.03. The first-order chi connectivity index (χ1) is 7.81. The smallest absolute Gasteiger partial charge is 0.220 e. The molecule has 2 N–H and O–H groups in total. The number of aromatic hydroxyl groups is 1. The van der Waals surface area contributed by atoms with Gasteiger partial charge in [0.05, 0.1) is 14.2 Å². The van der Waals surface area contributed by atoms with Crippen molar-refractivity contribution in [3.05, 3.63) is 17.7 Å². The fraction of sp³-hybridized carbons (Fsp3) is 0.400. The molecule has 0 aromatic heterocycles. The maximum atomic E-state index is 9.76. The van der Waals surface area contributed by atoms with Crippen molar-refractivity contribution >= 4 is 34.8 Å². The van der Waals surface area contributed by atoms with Crippen molar-refractivity contribution in [1.82, 2.24) is 0 Å². The molecular weight excluding hydrogens is 290 g/mol. The van der Waals surface area contributed by atoms with Crippen LogP contribution in [0.3, 0.4) is 0 Å². The molecule has 4 nitrogen and oxygen atoms in total. The summed E-state index contributed by atoms with van der Waals surface area (Å²) in [5.41, 5.74) is 0.208. The molecule has 0 bridgehead atoms. The van der Waals surface area contributed by atoms with E-state index in [2.05, 4.69) is 0 Å². The first-order valence-electron chi connectivity index (χ1n) is 4.51.